The van der Waals surface area contributed by atoms with E-state index in [0.29, 0.717) is 0 Å². The Morgan fingerprint density at radius 2 is 1.83 bits per heavy atom. The second-order valence-electron chi connectivity index (χ2n) is 3.81. The van der Waals surface area contributed by atoms with Crippen LogP contribution in [0.2, 0.25) is 0 Å². The fourth-order valence-electron chi connectivity index (χ4n) is 1.06. The van der Waals surface area contributed by atoms with E-state index in [1.807, 2.05) is 0 Å². The summed E-state index contributed by atoms with van der Waals surface area (Å²) in [5.41, 5.74) is 0. The van der Waals surface area contributed by atoms with Crippen molar-refractivity contribution in [3.05, 3.63) is 0 Å². The Labute approximate surface area is 78.0 Å². The normalized spacial score (nSPS) is 14.7. The van der Waals surface area contributed by atoms with Gasteiger partial charge < -0.3 is 4.55 Å². The van der Waals surface area contributed by atoms with Crippen molar-refractivity contribution < 1.29 is 8.76 Å². The Bertz CT molecular complexity index is 143. The summed E-state index contributed by atoms with van der Waals surface area (Å²) < 4.78 is 20.8. The third-order valence-corrected chi connectivity index (χ3v) is 3.19. The van der Waals surface area contributed by atoms with Crippen molar-refractivity contribution in [3.63, 3.8) is 0 Å². The molecule has 0 aromatic carbocycles. The molecule has 3 heteroatoms. The van der Waals surface area contributed by atoms with Crippen LogP contribution in [0.25, 0.3) is 0 Å². The summed E-state index contributed by atoms with van der Waals surface area (Å²) in [7, 11) is 0. The van der Waals surface area contributed by atoms with Crippen LogP contribution in [-0.2, 0) is 11.1 Å². The number of hydrogen-bond donors (Lipinski definition) is 0. The molecule has 0 saturated heterocycles. The van der Waals surface area contributed by atoms with Gasteiger partial charge in [-0.05, 0) is 31.3 Å². The second kappa shape index (κ2) is 5.70. The van der Waals surface area contributed by atoms with Gasteiger partial charge in [-0.15, -0.1) is 0 Å². The van der Waals surface area contributed by atoms with Gasteiger partial charge in [0.2, 0.25) is 0 Å². The molecule has 0 aliphatic heterocycles. The largest absolute Gasteiger partial charge is 0.772 e. The van der Waals surface area contributed by atoms with E-state index in [2.05, 4.69) is 6.92 Å². The van der Waals surface area contributed by atoms with Gasteiger partial charge in [-0.1, -0.05) is 32.6 Å². The third-order valence-electron chi connectivity index (χ3n) is 2.08. The molecule has 12 heavy (non-hydrogen) atoms. The molecular formula is C9H19O2S-. The third kappa shape index (κ3) is 4.88. The van der Waals surface area contributed by atoms with Gasteiger partial charge in [0.25, 0.3) is 0 Å². The van der Waals surface area contributed by atoms with Crippen molar-refractivity contribution in [1.82, 2.24) is 0 Å². The van der Waals surface area contributed by atoms with E-state index in [1.165, 1.54) is 12.8 Å². The maximum atomic E-state index is 10.7. The van der Waals surface area contributed by atoms with Gasteiger partial charge in [-0.3, -0.25) is 4.21 Å². The van der Waals surface area contributed by atoms with Crippen LogP contribution in [-0.4, -0.2) is 13.5 Å². The van der Waals surface area contributed by atoms with Gasteiger partial charge in [0.1, 0.15) is 0 Å². The molecule has 0 aromatic heterocycles. The smallest absolute Gasteiger partial charge is 0.0271 e. The van der Waals surface area contributed by atoms with Crippen molar-refractivity contribution in [1.29, 1.82) is 0 Å². The predicted molar refractivity (Wildman–Crippen MR) is 51.8 cm³/mol. The summed E-state index contributed by atoms with van der Waals surface area (Å²) in [5, 5.41) is 0. The van der Waals surface area contributed by atoms with E-state index in [-0.39, 0.29) is 0 Å². The highest BCUT2D eigenvalue weighted by Crippen LogP contribution is 2.19. The lowest BCUT2D eigenvalue weighted by molar-refractivity contribution is 0.468. The van der Waals surface area contributed by atoms with Gasteiger partial charge in [-0.25, -0.2) is 0 Å². The fraction of sp³-hybridized carbons (Fsp3) is 1.00. The molecule has 0 radical (unpaired) electrons. The molecule has 0 fully saturated rings. The molecule has 0 amide bonds. The van der Waals surface area contributed by atoms with Gasteiger partial charge in [0.05, 0.1) is 0 Å². The lowest BCUT2D eigenvalue weighted by Crippen LogP contribution is -2.25. The molecule has 1 unspecified atom stereocenters. The summed E-state index contributed by atoms with van der Waals surface area (Å²) in [4.78, 5) is 0. The minimum absolute atomic E-state index is 0.534. The monoisotopic (exact) mass is 191 g/mol. The van der Waals surface area contributed by atoms with Crippen molar-refractivity contribution in [2.24, 2.45) is 0 Å². The molecule has 0 aliphatic carbocycles. The van der Waals surface area contributed by atoms with Crippen molar-refractivity contribution in [2.45, 2.75) is 57.6 Å². The van der Waals surface area contributed by atoms with Gasteiger partial charge in [0.15, 0.2) is 0 Å². The highest BCUT2D eigenvalue weighted by atomic mass is 32.2. The molecule has 0 saturated carbocycles. The predicted octanol–water partition coefficient (Wildman–Crippen LogP) is 2.61. The molecule has 0 bridgehead atoms. The van der Waals surface area contributed by atoms with E-state index >= 15 is 0 Å². The fourth-order valence-corrected chi connectivity index (χ4v) is 1.37. The zero-order valence-electron chi connectivity index (χ0n) is 8.26. The molecule has 0 aliphatic rings. The minimum Gasteiger partial charge on any atom is -0.772 e. The molecule has 0 heterocycles. The van der Waals surface area contributed by atoms with Crippen molar-refractivity contribution in [3.8, 4) is 0 Å². The lowest BCUT2D eigenvalue weighted by Gasteiger charge is -2.27. The zero-order chi connectivity index (χ0) is 9.61. The molecule has 2 nitrogen and oxygen atoms in total. The van der Waals surface area contributed by atoms with Crippen LogP contribution in [0, 0.1) is 0 Å². The number of hydrogen-bond acceptors (Lipinski definition) is 2. The Hall–Kier alpha value is 0.110. The molecular weight excluding hydrogens is 172 g/mol. The maximum absolute atomic E-state index is 10.7. The quantitative estimate of drug-likeness (QED) is 0.478. The summed E-state index contributed by atoms with van der Waals surface area (Å²) in [6, 6.07) is 0. The highest BCUT2D eigenvalue weighted by Gasteiger charge is 2.17. The van der Waals surface area contributed by atoms with Crippen LogP contribution in [0.4, 0.5) is 0 Å². The minimum atomic E-state index is -1.93. The maximum Gasteiger partial charge on any atom is 0.0271 e. The topological polar surface area (TPSA) is 40.1 Å². The number of rotatable bonds is 6. The van der Waals surface area contributed by atoms with Crippen LogP contribution in [0.5, 0.6) is 0 Å². The average molecular weight is 191 g/mol. The summed E-state index contributed by atoms with van der Waals surface area (Å²) in [5.74, 6) is 0. The Kier molecular flexibility index (Phi) is 5.76. The molecule has 0 N–H and O–H groups in total. The van der Waals surface area contributed by atoms with Crippen molar-refractivity contribution in [2.75, 3.05) is 0 Å². The standard InChI is InChI=1S/C9H20O2S/c1-4-5-6-7-8-9(2,3)12(10)11/h4-8H2,1-3H3,(H,10,11)/p-1. The van der Waals surface area contributed by atoms with E-state index in [9.17, 15) is 8.76 Å². The molecule has 1 atom stereocenters. The summed E-state index contributed by atoms with van der Waals surface area (Å²) in [6.45, 7) is 5.71. The molecule has 0 aromatic rings. The van der Waals surface area contributed by atoms with Crippen molar-refractivity contribution >= 4 is 11.1 Å². The first kappa shape index (κ1) is 12.1. The van der Waals surface area contributed by atoms with E-state index in [1.54, 1.807) is 13.8 Å². The Morgan fingerprint density at radius 1 is 1.25 bits per heavy atom. The number of unbranched alkanes of at least 4 members (excludes halogenated alkanes) is 3. The van der Waals surface area contributed by atoms with E-state index in [4.69, 9.17) is 0 Å². The second-order valence-corrected chi connectivity index (χ2v) is 5.38. The van der Waals surface area contributed by atoms with Crippen LogP contribution >= 0.6 is 0 Å². The van der Waals surface area contributed by atoms with Gasteiger partial charge in [-0.2, -0.15) is 0 Å². The average Bonchev–Trinajstić information content (AvgIpc) is 1.98. The summed E-state index contributed by atoms with van der Waals surface area (Å²) in [6.07, 6.45) is 5.36. The SMILES string of the molecule is CCCCCCC(C)(C)S(=O)[O-]. The highest BCUT2D eigenvalue weighted by molar-refractivity contribution is 7.80. The van der Waals surface area contributed by atoms with Gasteiger partial charge >= 0.3 is 0 Å². The van der Waals surface area contributed by atoms with Crippen LogP contribution in [0.3, 0.4) is 0 Å². The Balaban J connectivity index is 3.54. The van der Waals surface area contributed by atoms with Crippen LogP contribution in [0.15, 0.2) is 0 Å². The Morgan fingerprint density at radius 3 is 2.25 bits per heavy atom. The first-order valence-electron chi connectivity index (χ1n) is 4.60. The van der Waals surface area contributed by atoms with Crippen LogP contribution < -0.4 is 0 Å². The first-order valence-corrected chi connectivity index (χ1v) is 5.67. The van der Waals surface area contributed by atoms with E-state index in [0.717, 1.165) is 19.3 Å². The van der Waals surface area contributed by atoms with Gasteiger partial charge in [0, 0.05) is 4.75 Å². The van der Waals surface area contributed by atoms with E-state index < -0.39 is 15.8 Å². The molecule has 0 rings (SSSR count). The van der Waals surface area contributed by atoms with Crippen LogP contribution in [0.1, 0.15) is 52.9 Å². The first-order chi connectivity index (χ1) is 5.50. The summed E-state index contributed by atoms with van der Waals surface area (Å²) >= 11 is -1.93. The molecule has 74 valence electrons. The lowest BCUT2D eigenvalue weighted by atomic mass is 10.0. The molecule has 0 spiro atoms. The zero-order valence-corrected chi connectivity index (χ0v) is 9.08.